The highest BCUT2D eigenvalue weighted by atomic mass is 16.1. The van der Waals surface area contributed by atoms with E-state index in [1.54, 1.807) is 16.9 Å². The maximum atomic E-state index is 11.9. The molecule has 0 radical (unpaired) electrons. The van der Waals surface area contributed by atoms with E-state index in [-0.39, 0.29) is 5.78 Å². The number of carbonyl (C=O) groups is 1. The lowest BCUT2D eigenvalue weighted by Crippen LogP contribution is -2.31. The zero-order valence-electron chi connectivity index (χ0n) is 10.4. The molecule has 1 heterocycles. The third-order valence-electron chi connectivity index (χ3n) is 2.66. The van der Waals surface area contributed by atoms with Gasteiger partial charge in [0, 0.05) is 18.8 Å². The van der Waals surface area contributed by atoms with Gasteiger partial charge in [0.05, 0.1) is 6.54 Å². The van der Waals surface area contributed by atoms with Crippen molar-refractivity contribution in [2.45, 2.75) is 46.2 Å². The van der Waals surface area contributed by atoms with Crippen LogP contribution in [-0.2, 0) is 6.54 Å². The van der Waals surface area contributed by atoms with Crippen LogP contribution in [0.15, 0.2) is 12.3 Å². The summed E-state index contributed by atoms with van der Waals surface area (Å²) in [6, 6.07) is 2.17. The Morgan fingerprint density at radius 1 is 1.56 bits per heavy atom. The van der Waals surface area contributed by atoms with Crippen molar-refractivity contribution in [3.63, 3.8) is 0 Å². The zero-order chi connectivity index (χ0) is 12.0. The number of carbonyl (C=O) groups excluding carboxylic acids is 1. The molecule has 1 aromatic heterocycles. The van der Waals surface area contributed by atoms with E-state index in [9.17, 15) is 4.79 Å². The molecule has 4 nitrogen and oxygen atoms in total. The molecule has 16 heavy (non-hydrogen) atoms. The highest BCUT2D eigenvalue weighted by Gasteiger charge is 2.11. The Balaban J connectivity index is 2.55. The highest BCUT2D eigenvalue weighted by molar-refractivity contribution is 5.96. The quantitative estimate of drug-likeness (QED) is 0.718. The SMILES string of the molecule is CCCn1nccc1C(=O)CNC(C)CC. The van der Waals surface area contributed by atoms with Crippen molar-refractivity contribution in [1.82, 2.24) is 15.1 Å². The molecule has 1 unspecified atom stereocenters. The van der Waals surface area contributed by atoms with Crippen LogP contribution in [0.25, 0.3) is 0 Å². The number of rotatable bonds is 7. The molecule has 1 aromatic rings. The van der Waals surface area contributed by atoms with Crippen LogP contribution in [0.1, 0.15) is 44.1 Å². The lowest BCUT2D eigenvalue weighted by atomic mass is 10.2. The summed E-state index contributed by atoms with van der Waals surface area (Å²) in [5, 5.41) is 7.34. The van der Waals surface area contributed by atoms with Gasteiger partial charge in [0.15, 0.2) is 5.78 Å². The molecule has 0 saturated heterocycles. The van der Waals surface area contributed by atoms with Crippen LogP contribution in [0.4, 0.5) is 0 Å². The molecule has 0 spiro atoms. The van der Waals surface area contributed by atoms with E-state index >= 15 is 0 Å². The largest absolute Gasteiger partial charge is 0.307 e. The summed E-state index contributed by atoms with van der Waals surface area (Å²) in [7, 11) is 0. The number of Topliss-reactive ketones (excluding diaryl/α,β-unsaturated/α-hetero) is 1. The average Bonchev–Trinajstić information content (AvgIpc) is 2.74. The van der Waals surface area contributed by atoms with E-state index in [1.807, 2.05) is 0 Å². The van der Waals surface area contributed by atoms with Crippen molar-refractivity contribution in [1.29, 1.82) is 0 Å². The van der Waals surface area contributed by atoms with Crippen LogP contribution in [0.5, 0.6) is 0 Å². The van der Waals surface area contributed by atoms with Gasteiger partial charge in [0.1, 0.15) is 5.69 Å². The molecule has 1 atom stereocenters. The summed E-state index contributed by atoms with van der Waals surface area (Å²) >= 11 is 0. The van der Waals surface area contributed by atoms with Crippen molar-refractivity contribution in [2.24, 2.45) is 0 Å². The standard InChI is InChI=1S/C12H21N3O/c1-4-8-15-11(6-7-14-15)12(16)9-13-10(3)5-2/h6-7,10,13H,4-5,8-9H2,1-3H3. The predicted octanol–water partition coefficient (Wildman–Crippen LogP) is 1.86. The third-order valence-corrected chi connectivity index (χ3v) is 2.66. The normalized spacial score (nSPS) is 12.7. The molecular formula is C12H21N3O. The first-order valence-corrected chi connectivity index (χ1v) is 5.97. The van der Waals surface area contributed by atoms with Crippen molar-refractivity contribution >= 4 is 5.78 Å². The molecule has 0 bridgehead atoms. The Labute approximate surface area is 97.0 Å². The Morgan fingerprint density at radius 3 is 2.94 bits per heavy atom. The van der Waals surface area contributed by atoms with Gasteiger partial charge in [-0.3, -0.25) is 9.48 Å². The van der Waals surface area contributed by atoms with Crippen molar-refractivity contribution < 1.29 is 4.79 Å². The number of hydrogen-bond donors (Lipinski definition) is 1. The lowest BCUT2D eigenvalue weighted by molar-refractivity contribution is 0.0977. The van der Waals surface area contributed by atoms with Crippen LogP contribution in [0.3, 0.4) is 0 Å². The highest BCUT2D eigenvalue weighted by Crippen LogP contribution is 2.01. The van der Waals surface area contributed by atoms with Gasteiger partial charge in [0.2, 0.25) is 0 Å². The van der Waals surface area contributed by atoms with Gasteiger partial charge in [0.25, 0.3) is 0 Å². The second-order valence-corrected chi connectivity index (χ2v) is 4.05. The predicted molar refractivity (Wildman–Crippen MR) is 64.6 cm³/mol. The molecular weight excluding hydrogens is 202 g/mol. The monoisotopic (exact) mass is 223 g/mol. The van der Waals surface area contributed by atoms with Gasteiger partial charge >= 0.3 is 0 Å². The zero-order valence-corrected chi connectivity index (χ0v) is 10.4. The van der Waals surface area contributed by atoms with E-state index in [0.29, 0.717) is 18.3 Å². The smallest absolute Gasteiger partial charge is 0.194 e. The lowest BCUT2D eigenvalue weighted by Gasteiger charge is -2.10. The minimum atomic E-state index is 0.117. The number of nitrogens with zero attached hydrogens (tertiary/aromatic N) is 2. The fourth-order valence-electron chi connectivity index (χ4n) is 1.46. The molecule has 0 saturated carbocycles. The fourth-order valence-corrected chi connectivity index (χ4v) is 1.46. The van der Waals surface area contributed by atoms with Crippen LogP contribution in [0, 0.1) is 0 Å². The maximum Gasteiger partial charge on any atom is 0.194 e. The summed E-state index contributed by atoms with van der Waals surface area (Å²) in [5.41, 5.74) is 0.706. The number of aromatic nitrogens is 2. The van der Waals surface area contributed by atoms with Crippen LogP contribution in [-0.4, -0.2) is 28.2 Å². The second kappa shape index (κ2) is 6.43. The number of aryl methyl sites for hydroxylation is 1. The molecule has 1 N–H and O–H groups in total. The Kier molecular flexibility index (Phi) is 5.19. The Hall–Kier alpha value is -1.16. The first-order chi connectivity index (χ1) is 7.69. The van der Waals surface area contributed by atoms with Gasteiger partial charge in [-0.15, -0.1) is 0 Å². The molecule has 1 rings (SSSR count). The van der Waals surface area contributed by atoms with Crippen LogP contribution >= 0.6 is 0 Å². The van der Waals surface area contributed by atoms with Crippen LogP contribution < -0.4 is 5.32 Å². The summed E-state index contributed by atoms with van der Waals surface area (Å²) in [5.74, 6) is 0.117. The van der Waals surface area contributed by atoms with Crippen molar-refractivity contribution in [3.05, 3.63) is 18.0 Å². The first kappa shape index (κ1) is 12.9. The van der Waals surface area contributed by atoms with Gasteiger partial charge in [-0.05, 0) is 25.8 Å². The molecule has 0 aliphatic heterocycles. The van der Waals surface area contributed by atoms with E-state index in [1.165, 1.54) is 0 Å². The van der Waals surface area contributed by atoms with Gasteiger partial charge < -0.3 is 5.32 Å². The van der Waals surface area contributed by atoms with Crippen molar-refractivity contribution in [3.8, 4) is 0 Å². The molecule has 0 fully saturated rings. The molecule has 0 aromatic carbocycles. The Morgan fingerprint density at radius 2 is 2.31 bits per heavy atom. The van der Waals surface area contributed by atoms with Crippen LogP contribution in [0.2, 0.25) is 0 Å². The maximum absolute atomic E-state index is 11.9. The average molecular weight is 223 g/mol. The second-order valence-electron chi connectivity index (χ2n) is 4.05. The number of nitrogens with one attached hydrogen (secondary N) is 1. The summed E-state index contributed by atoms with van der Waals surface area (Å²) in [6.45, 7) is 7.45. The molecule has 0 amide bonds. The van der Waals surface area contributed by atoms with Crippen molar-refractivity contribution in [2.75, 3.05) is 6.54 Å². The van der Waals surface area contributed by atoms with E-state index in [2.05, 4.69) is 31.2 Å². The topological polar surface area (TPSA) is 46.9 Å². The summed E-state index contributed by atoms with van der Waals surface area (Å²) in [4.78, 5) is 11.9. The molecule has 0 aliphatic rings. The summed E-state index contributed by atoms with van der Waals surface area (Å²) < 4.78 is 1.78. The van der Waals surface area contributed by atoms with E-state index < -0.39 is 0 Å². The summed E-state index contributed by atoms with van der Waals surface area (Å²) in [6.07, 6.45) is 3.70. The van der Waals surface area contributed by atoms with Gasteiger partial charge in [-0.2, -0.15) is 5.10 Å². The fraction of sp³-hybridized carbons (Fsp3) is 0.667. The number of hydrogen-bond acceptors (Lipinski definition) is 3. The first-order valence-electron chi connectivity index (χ1n) is 5.97. The molecule has 90 valence electrons. The third kappa shape index (κ3) is 3.45. The minimum Gasteiger partial charge on any atom is -0.307 e. The van der Waals surface area contributed by atoms with Gasteiger partial charge in [-0.1, -0.05) is 13.8 Å². The molecule has 4 heteroatoms. The number of ketones is 1. The molecule has 0 aliphatic carbocycles. The van der Waals surface area contributed by atoms with E-state index in [4.69, 9.17) is 0 Å². The minimum absolute atomic E-state index is 0.117. The van der Waals surface area contributed by atoms with E-state index in [0.717, 1.165) is 19.4 Å². The van der Waals surface area contributed by atoms with Gasteiger partial charge in [-0.25, -0.2) is 0 Å². The Bertz CT molecular complexity index is 333.